The van der Waals surface area contributed by atoms with E-state index in [2.05, 4.69) is 51.4 Å². The van der Waals surface area contributed by atoms with Crippen molar-refractivity contribution in [2.24, 2.45) is 5.41 Å². The first-order valence-electron chi connectivity index (χ1n) is 4.72. The minimum atomic E-state index is 0.146. The molecule has 0 rings (SSSR count). The Balaban J connectivity index is 3.84. The van der Waals surface area contributed by atoms with Gasteiger partial charge in [0.1, 0.15) is 0 Å². The van der Waals surface area contributed by atoms with Crippen molar-refractivity contribution in [3.8, 4) is 11.8 Å². The molecular formula is C11H21N. The molecule has 0 heterocycles. The van der Waals surface area contributed by atoms with Crippen molar-refractivity contribution in [2.75, 3.05) is 19.6 Å². The Labute approximate surface area is 77.1 Å². The molecule has 1 nitrogen and oxygen atoms in total. The Morgan fingerprint density at radius 1 is 1.08 bits per heavy atom. The van der Waals surface area contributed by atoms with Crippen LogP contribution in [0.1, 0.15) is 34.6 Å². The van der Waals surface area contributed by atoms with Crippen molar-refractivity contribution < 1.29 is 0 Å². The third kappa shape index (κ3) is 6.24. The van der Waals surface area contributed by atoms with Crippen LogP contribution in [-0.4, -0.2) is 24.5 Å². The maximum atomic E-state index is 3.23. The van der Waals surface area contributed by atoms with Crippen molar-refractivity contribution in [1.82, 2.24) is 4.90 Å². The molecule has 0 spiro atoms. The first-order valence-corrected chi connectivity index (χ1v) is 4.72. The molecule has 70 valence electrons. The van der Waals surface area contributed by atoms with Crippen LogP contribution >= 0.6 is 0 Å². The van der Waals surface area contributed by atoms with Gasteiger partial charge in [-0.05, 0) is 33.9 Å². The van der Waals surface area contributed by atoms with E-state index in [-0.39, 0.29) is 5.41 Å². The highest BCUT2D eigenvalue weighted by atomic mass is 15.1. The highest BCUT2D eigenvalue weighted by molar-refractivity contribution is 5.08. The van der Waals surface area contributed by atoms with E-state index in [1.165, 1.54) is 0 Å². The standard InChI is InChI=1S/C11H21N/c1-6-12(7-2)10-8-9-11(3,4)5/h6-7,10H2,1-5H3. The van der Waals surface area contributed by atoms with Gasteiger partial charge in [-0.3, -0.25) is 4.90 Å². The summed E-state index contributed by atoms with van der Waals surface area (Å²) < 4.78 is 0. The van der Waals surface area contributed by atoms with Crippen LogP contribution in [0, 0.1) is 17.3 Å². The summed E-state index contributed by atoms with van der Waals surface area (Å²) in [4.78, 5) is 2.32. The van der Waals surface area contributed by atoms with Crippen LogP contribution in [0.5, 0.6) is 0 Å². The summed E-state index contributed by atoms with van der Waals surface area (Å²) >= 11 is 0. The van der Waals surface area contributed by atoms with Crippen molar-refractivity contribution in [2.45, 2.75) is 34.6 Å². The topological polar surface area (TPSA) is 3.24 Å². The predicted octanol–water partition coefficient (Wildman–Crippen LogP) is 2.38. The molecule has 0 bridgehead atoms. The van der Waals surface area contributed by atoms with Crippen LogP contribution in [0.15, 0.2) is 0 Å². The molecule has 0 aliphatic heterocycles. The third-order valence-corrected chi connectivity index (χ3v) is 1.66. The zero-order valence-electron chi connectivity index (χ0n) is 9.07. The fraction of sp³-hybridized carbons (Fsp3) is 0.818. The van der Waals surface area contributed by atoms with Gasteiger partial charge >= 0.3 is 0 Å². The van der Waals surface area contributed by atoms with Gasteiger partial charge in [0, 0.05) is 5.41 Å². The number of hydrogen-bond acceptors (Lipinski definition) is 1. The summed E-state index contributed by atoms with van der Waals surface area (Å²) in [6, 6.07) is 0. The van der Waals surface area contributed by atoms with E-state index >= 15 is 0 Å². The minimum Gasteiger partial charge on any atom is -0.293 e. The van der Waals surface area contributed by atoms with Gasteiger partial charge in [-0.25, -0.2) is 0 Å². The van der Waals surface area contributed by atoms with Crippen molar-refractivity contribution in [3.63, 3.8) is 0 Å². The molecule has 0 saturated carbocycles. The van der Waals surface area contributed by atoms with E-state index in [0.717, 1.165) is 19.6 Å². The van der Waals surface area contributed by atoms with Crippen molar-refractivity contribution in [1.29, 1.82) is 0 Å². The molecule has 0 aromatic carbocycles. The lowest BCUT2D eigenvalue weighted by Gasteiger charge is -2.14. The summed E-state index contributed by atoms with van der Waals surface area (Å²) in [5, 5.41) is 0. The van der Waals surface area contributed by atoms with Crippen molar-refractivity contribution >= 4 is 0 Å². The molecule has 0 aromatic heterocycles. The third-order valence-electron chi connectivity index (χ3n) is 1.66. The van der Waals surface area contributed by atoms with E-state index in [4.69, 9.17) is 0 Å². The average Bonchev–Trinajstić information content (AvgIpc) is 1.96. The number of hydrogen-bond donors (Lipinski definition) is 0. The van der Waals surface area contributed by atoms with E-state index in [9.17, 15) is 0 Å². The molecule has 0 amide bonds. The maximum Gasteiger partial charge on any atom is 0.0601 e. The molecule has 0 saturated heterocycles. The van der Waals surface area contributed by atoms with Crippen LogP contribution in [0.3, 0.4) is 0 Å². The first-order chi connectivity index (χ1) is 5.49. The summed E-state index contributed by atoms with van der Waals surface area (Å²) in [5.74, 6) is 6.43. The SMILES string of the molecule is CCN(CC)CC#CC(C)(C)C. The van der Waals surface area contributed by atoms with Gasteiger partial charge in [-0.2, -0.15) is 0 Å². The molecule has 0 radical (unpaired) electrons. The second-order valence-corrected chi connectivity index (χ2v) is 4.01. The Morgan fingerprint density at radius 2 is 1.58 bits per heavy atom. The van der Waals surface area contributed by atoms with Gasteiger partial charge in [0.05, 0.1) is 6.54 Å². The monoisotopic (exact) mass is 167 g/mol. The highest BCUT2D eigenvalue weighted by Crippen LogP contribution is 2.09. The van der Waals surface area contributed by atoms with Gasteiger partial charge in [0.15, 0.2) is 0 Å². The number of nitrogens with zero attached hydrogens (tertiary/aromatic N) is 1. The molecular weight excluding hydrogens is 146 g/mol. The van der Waals surface area contributed by atoms with Gasteiger partial charge in [-0.1, -0.05) is 25.7 Å². The molecule has 0 fully saturated rings. The van der Waals surface area contributed by atoms with Crippen LogP contribution in [0.2, 0.25) is 0 Å². The zero-order valence-corrected chi connectivity index (χ0v) is 9.07. The van der Waals surface area contributed by atoms with Gasteiger partial charge in [0.25, 0.3) is 0 Å². The maximum absolute atomic E-state index is 3.23. The van der Waals surface area contributed by atoms with Gasteiger partial charge in [0.2, 0.25) is 0 Å². The lowest BCUT2D eigenvalue weighted by atomic mass is 9.98. The van der Waals surface area contributed by atoms with Crippen LogP contribution in [0.4, 0.5) is 0 Å². The van der Waals surface area contributed by atoms with Crippen LogP contribution in [-0.2, 0) is 0 Å². The molecule has 12 heavy (non-hydrogen) atoms. The van der Waals surface area contributed by atoms with E-state index in [1.807, 2.05) is 0 Å². The summed E-state index contributed by atoms with van der Waals surface area (Å²) in [7, 11) is 0. The normalized spacial score (nSPS) is 11.2. The van der Waals surface area contributed by atoms with Crippen LogP contribution < -0.4 is 0 Å². The summed E-state index contributed by atoms with van der Waals surface area (Å²) in [5.41, 5.74) is 0.146. The smallest absolute Gasteiger partial charge is 0.0601 e. The summed E-state index contributed by atoms with van der Waals surface area (Å²) in [6.45, 7) is 13.9. The second kappa shape index (κ2) is 5.22. The lowest BCUT2D eigenvalue weighted by Crippen LogP contribution is -2.23. The van der Waals surface area contributed by atoms with Crippen molar-refractivity contribution in [3.05, 3.63) is 0 Å². The van der Waals surface area contributed by atoms with Gasteiger partial charge in [-0.15, -0.1) is 0 Å². The van der Waals surface area contributed by atoms with E-state index < -0.39 is 0 Å². The highest BCUT2D eigenvalue weighted by Gasteiger charge is 2.03. The Morgan fingerprint density at radius 3 is 1.92 bits per heavy atom. The minimum absolute atomic E-state index is 0.146. The molecule has 0 aliphatic rings. The van der Waals surface area contributed by atoms with Gasteiger partial charge < -0.3 is 0 Å². The largest absolute Gasteiger partial charge is 0.293 e. The first kappa shape index (κ1) is 11.5. The molecule has 0 aliphatic carbocycles. The predicted molar refractivity (Wildman–Crippen MR) is 55.0 cm³/mol. The average molecular weight is 167 g/mol. The summed E-state index contributed by atoms with van der Waals surface area (Å²) in [6.07, 6.45) is 0. The molecule has 1 heteroatoms. The zero-order chi connectivity index (χ0) is 9.61. The molecule has 0 N–H and O–H groups in total. The Bertz CT molecular complexity index is 162. The fourth-order valence-electron chi connectivity index (χ4n) is 0.864. The lowest BCUT2D eigenvalue weighted by molar-refractivity contribution is 0.342. The van der Waals surface area contributed by atoms with E-state index in [1.54, 1.807) is 0 Å². The molecule has 0 unspecified atom stereocenters. The molecule has 0 aromatic rings. The fourth-order valence-corrected chi connectivity index (χ4v) is 0.864. The number of rotatable bonds is 3. The Kier molecular flexibility index (Phi) is 5.01. The van der Waals surface area contributed by atoms with E-state index in [0.29, 0.717) is 0 Å². The Hall–Kier alpha value is -0.480. The molecule has 0 atom stereocenters. The quantitative estimate of drug-likeness (QED) is 0.583. The second-order valence-electron chi connectivity index (χ2n) is 4.01. The van der Waals surface area contributed by atoms with Crippen LogP contribution in [0.25, 0.3) is 0 Å².